The van der Waals surface area contributed by atoms with Gasteiger partial charge in [0.15, 0.2) is 0 Å². The van der Waals surface area contributed by atoms with E-state index in [1.807, 2.05) is 6.92 Å². The molecule has 1 saturated heterocycles. The third-order valence-corrected chi connectivity index (χ3v) is 3.95. The van der Waals surface area contributed by atoms with Crippen LogP contribution in [0.2, 0.25) is 0 Å². The highest BCUT2D eigenvalue weighted by Crippen LogP contribution is 2.20. The number of hydrogen-bond donors (Lipinski definition) is 0. The van der Waals surface area contributed by atoms with Gasteiger partial charge in [0, 0.05) is 18.7 Å². The van der Waals surface area contributed by atoms with Gasteiger partial charge in [-0.05, 0) is 43.5 Å². The zero-order valence-electron chi connectivity index (χ0n) is 12.9. The van der Waals surface area contributed by atoms with Crippen molar-refractivity contribution in [2.75, 3.05) is 19.7 Å². The molecular weight excluding hydrogens is 285 g/mol. The molecule has 1 aliphatic heterocycles. The molecule has 4 nitrogen and oxygen atoms in total. The molecule has 0 radical (unpaired) electrons. The van der Waals surface area contributed by atoms with E-state index < -0.39 is 0 Å². The standard InChI is InChI=1S/C17H22FNO3/c1-2-3-12-22-17(21)14-8-10-19(11-9-14)16(20)13-4-6-15(18)7-5-13/h4-7,14H,2-3,8-12H2,1H3. The molecule has 1 aromatic rings. The Morgan fingerprint density at radius 2 is 1.86 bits per heavy atom. The van der Waals surface area contributed by atoms with Gasteiger partial charge in [0.1, 0.15) is 5.82 Å². The number of nitrogens with zero attached hydrogens (tertiary/aromatic N) is 1. The summed E-state index contributed by atoms with van der Waals surface area (Å²) in [5.41, 5.74) is 0.477. The quantitative estimate of drug-likeness (QED) is 0.620. The van der Waals surface area contributed by atoms with Crippen LogP contribution in [0.5, 0.6) is 0 Å². The summed E-state index contributed by atoms with van der Waals surface area (Å²) in [5.74, 6) is -0.737. The van der Waals surface area contributed by atoms with E-state index in [0.29, 0.717) is 38.1 Å². The van der Waals surface area contributed by atoms with Gasteiger partial charge < -0.3 is 9.64 Å². The van der Waals surface area contributed by atoms with Crippen LogP contribution in [0.15, 0.2) is 24.3 Å². The number of hydrogen-bond acceptors (Lipinski definition) is 3. The molecule has 1 fully saturated rings. The highest BCUT2D eigenvalue weighted by Gasteiger charge is 2.28. The predicted octanol–water partition coefficient (Wildman–Crippen LogP) is 3.02. The van der Waals surface area contributed by atoms with E-state index >= 15 is 0 Å². The maximum Gasteiger partial charge on any atom is 0.309 e. The molecule has 0 saturated carbocycles. The molecule has 0 unspecified atom stereocenters. The molecule has 0 aliphatic carbocycles. The lowest BCUT2D eigenvalue weighted by Gasteiger charge is -2.31. The van der Waals surface area contributed by atoms with Crippen molar-refractivity contribution in [3.05, 3.63) is 35.6 Å². The highest BCUT2D eigenvalue weighted by molar-refractivity contribution is 5.94. The minimum absolute atomic E-state index is 0.113. The van der Waals surface area contributed by atoms with Crippen molar-refractivity contribution >= 4 is 11.9 Å². The van der Waals surface area contributed by atoms with Crippen LogP contribution < -0.4 is 0 Å². The Morgan fingerprint density at radius 1 is 1.23 bits per heavy atom. The molecule has 0 atom stereocenters. The first-order chi connectivity index (χ1) is 10.6. The van der Waals surface area contributed by atoms with Gasteiger partial charge in [-0.2, -0.15) is 0 Å². The van der Waals surface area contributed by atoms with Crippen LogP contribution in [0.1, 0.15) is 43.0 Å². The number of esters is 1. The zero-order valence-corrected chi connectivity index (χ0v) is 12.9. The van der Waals surface area contributed by atoms with Crippen molar-refractivity contribution in [3.8, 4) is 0 Å². The number of carbonyl (C=O) groups is 2. The molecule has 2 rings (SSSR count). The predicted molar refractivity (Wildman–Crippen MR) is 80.9 cm³/mol. The third-order valence-electron chi connectivity index (χ3n) is 3.95. The van der Waals surface area contributed by atoms with Crippen molar-refractivity contribution in [2.24, 2.45) is 5.92 Å². The summed E-state index contributed by atoms with van der Waals surface area (Å²) in [4.78, 5) is 25.9. The lowest BCUT2D eigenvalue weighted by atomic mass is 9.96. The van der Waals surface area contributed by atoms with Crippen molar-refractivity contribution in [2.45, 2.75) is 32.6 Å². The highest BCUT2D eigenvalue weighted by atomic mass is 19.1. The number of halogens is 1. The van der Waals surface area contributed by atoms with Crippen LogP contribution in [0.25, 0.3) is 0 Å². The topological polar surface area (TPSA) is 46.6 Å². The van der Waals surface area contributed by atoms with Crippen molar-refractivity contribution in [1.82, 2.24) is 4.90 Å². The Morgan fingerprint density at radius 3 is 2.45 bits per heavy atom. The maximum atomic E-state index is 12.9. The molecular formula is C17H22FNO3. The molecule has 0 spiro atoms. The molecule has 22 heavy (non-hydrogen) atoms. The van der Waals surface area contributed by atoms with E-state index in [4.69, 9.17) is 4.74 Å². The first kappa shape index (κ1) is 16.5. The number of amides is 1. The normalized spacial score (nSPS) is 15.6. The van der Waals surface area contributed by atoms with Crippen LogP contribution in [0.4, 0.5) is 4.39 Å². The fourth-order valence-corrected chi connectivity index (χ4v) is 2.53. The van der Waals surface area contributed by atoms with Gasteiger partial charge in [-0.1, -0.05) is 13.3 Å². The molecule has 1 heterocycles. The summed E-state index contributed by atoms with van der Waals surface area (Å²) in [6.45, 7) is 3.59. The minimum Gasteiger partial charge on any atom is -0.465 e. The molecule has 1 aromatic carbocycles. The van der Waals surface area contributed by atoms with Gasteiger partial charge in [0.2, 0.25) is 0 Å². The first-order valence-electron chi connectivity index (χ1n) is 7.83. The van der Waals surface area contributed by atoms with E-state index in [-0.39, 0.29) is 23.6 Å². The van der Waals surface area contributed by atoms with Gasteiger partial charge in [-0.25, -0.2) is 4.39 Å². The van der Waals surface area contributed by atoms with Gasteiger partial charge in [-0.3, -0.25) is 9.59 Å². The summed E-state index contributed by atoms with van der Waals surface area (Å²) in [6, 6.07) is 5.54. The van der Waals surface area contributed by atoms with Crippen LogP contribution >= 0.6 is 0 Å². The Hall–Kier alpha value is -1.91. The van der Waals surface area contributed by atoms with Crippen LogP contribution in [-0.2, 0) is 9.53 Å². The van der Waals surface area contributed by atoms with Gasteiger partial charge in [-0.15, -0.1) is 0 Å². The van der Waals surface area contributed by atoms with Crippen molar-refractivity contribution in [3.63, 3.8) is 0 Å². The lowest BCUT2D eigenvalue weighted by molar-refractivity contribution is -0.150. The number of unbranched alkanes of at least 4 members (excludes halogenated alkanes) is 1. The van der Waals surface area contributed by atoms with E-state index in [9.17, 15) is 14.0 Å². The summed E-state index contributed by atoms with van der Waals surface area (Å²) in [5, 5.41) is 0. The number of likely N-dealkylation sites (tertiary alicyclic amines) is 1. The smallest absolute Gasteiger partial charge is 0.309 e. The molecule has 5 heteroatoms. The Kier molecular flexibility index (Phi) is 5.92. The van der Waals surface area contributed by atoms with Crippen LogP contribution in [0, 0.1) is 11.7 Å². The second-order valence-corrected chi connectivity index (χ2v) is 5.59. The van der Waals surface area contributed by atoms with E-state index in [0.717, 1.165) is 12.8 Å². The summed E-state index contributed by atoms with van der Waals surface area (Å²) < 4.78 is 18.1. The molecule has 120 valence electrons. The van der Waals surface area contributed by atoms with E-state index in [1.54, 1.807) is 4.90 Å². The number of ether oxygens (including phenoxy) is 1. The zero-order chi connectivity index (χ0) is 15.9. The van der Waals surface area contributed by atoms with Crippen LogP contribution in [-0.4, -0.2) is 36.5 Å². The average molecular weight is 307 g/mol. The minimum atomic E-state index is -0.356. The van der Waals surface area contributed by atoms with Gasteiger partial charge >= 0.3 is 5.97 Å². The Bertz CT molecular complexity index is 507. The second kappa shape index (κ2) is 7.92. The largest absolute Gasteiger partial charge is 0.465 e. The van der Waals surface area contributed by atoms with E-state index in [2.05, 4.69) is 0 Å². The van der Waals surface area contributed by atoms with Crippen LogP contribution in [0.3, 0.4) is 0 Å². The average Bonchev–Trinajstić information content (AvgIpc) is 2.55. The molecule has 0 aromatic heterocycles. The number of carbonyl (C=O) groups excluding carboxylic acids is 2. The fourth-order valence-electron chi connectivity index (χ4n) is 2.53. The second-order valence-electron chi connectivity index (χ2n) is 5.59. The lowest BCUT2D eigenvalue weighted by Crippen LogP contribution is -2.40. The monoisotopic (exact) mass is 307 g/mol. The summed E-state index contributed by atoms with van der Waals surface area (Å²) in [7, 11) is 0. The summed E-state index contributed by atoms with van der Waals surface area (Å²) >= 11 is 0. The number of piperidine rings is 1. The van der Waals surface area contributed by atoms with Crippen molar-refractivity contribution < 1.29 is 18.7 Å². The Labute approximate surface area is 130 Å². The molecule has 1 aliphatic rings. The third kappa shape index (κ3) is 4.29. The first-order valence-corrected chi connectivity index (χ1v) is 7.83. The maximum absolute atomic E-state index is 12.9. The molecule has 1 amide bonds. The molecule has 0 bridgehead atoms. The van der Waals surface area contributed by atoms with E-state index in [1.165, 1.54) is 24.3 Å². The SMILES string of the molecule is CCCCOC(=O)C1CCN(C(=O)c2ccc(F)cc2)CC1. The van der Waals surface area contributed by atoms with Gasteiger partial charge in [0.05, 0.1) is 12.5 Å². The summed E-state index contributed by atoms with van der Waals surface area (Å²) in [6.07, 6.45) is 3.13. The van der Waals surface area contributed by atoms with Crippen molar-refractivity contribution in [1.29, 1.82) is 0 Å². The Balaban J connectivity index is 1.82. The fraction of sp³-hybridized carbons (Fsp3) is 0.529. The van der Waals surface area contributed by atoms with Gasteiger partial charge in [0.25, 0.3) is 5.91 Å². The number of benzene rings is 1. The number of rotatable bonds is 5. The molecule has 0 N–H and O–H groups in total.